The quantitative estimate of drug-likeness (QED) is 0.105. The Morgan fingerprint density at radius 3 is 0.904 bits per heavy atom. The molecule has 12 rings (SSSR count). The summed E-state index contributed by atoms with van der Waals surface area (Å²) in [6.45, 7) is 118. The van der Waals surface area contributed by atoms with Crippen LogP contribution in [0.1, 0.15) is 387 Å². The van der Waals surface area contributed by atoms with E-state index < -0.39 is 0 Å². The van der Waals surface area contributed by atoms with Crippen LogP contribution >= 0.6 is 0 Å². The van der Waals surface area contributed by atoms with Gasteiger partial charge in [-0.2, -0.15) is 0 Å². The molecule has 12 saturated heterocycles. The normalized spacial score (nSPS) is 22.5. The third-order valence-corrected chi connectivity index (χ3v) is 22.1. The maximum atomic E-state index is 11.6. The molecule has 12 heterocycles. The summed E-state index contributed by atoms with van der Waals surface area (Å²) in [5.74, 6) is 4.68. The highest BCUT2D eigenvalue weighted by Crippen LogP contribution is 2.27. The average molecular weight is 1630 g/mol. The molecular formula is C98H227N15O. The maximum absolute atomic E-state index is 11.6. The second-order valence-electron chi connectivity index (χ2n) is 32.3. The van der Waals surface area contributed by atoms with Crippen LogP contribution in [0.15, 0.2) is 0 Å². The zero-order chi connectivity index (χ0) is 90.0. The standard InChI is InChI=1S/C10H19N3O.C8H16N2.C8H18N2.2C8H17N.C7H16N2.3C7H15N.C6H13N.11C2H6/c1-8(2)13-5-3-10(4-6-13)9(14)11-7-12-10;1-6(2)10-5-7-3-8(10)4-9-7;1-8(2)10-6-3-4-9-5-7-10;1-7(2)8-4-3-5-9-6-8;1-8(2)9-6-4-3-5-7-9;1-7(2)9-5-3-8-4-6-9;1-6(2)7-3-4-8-5-7;1-7(2)8-5-3-4-6-8;1-6(2)7-4-3-5-8-7;1-6(2)7-4-3-5-7;11*1-2/h8,12H,3-7H2,1-2H3,(H,11,14);6-9H,3-5H2,1-2H3;8-9H,3-7H2,1-2H3;7-9H,3-6H2,1-2H3;8H,3-7H2,1-2H3;7-8H,3-6H2,1-2H3;6-8H,3-5H2,1-2H3;7H,3-6H2,1-2H3;6-8H,3-5H2,1-2H3;6H,3-5H2,1-2H3;11*1-2H3. The van der Waals surface area contributed by atoms with Crippen molar-refractivity contribution in [3.8, 4) is 0 Å². The third-order valence-electron chi connectivity index (χ3n) is 22.1. The van der Waals surface area contributed by atoms with E-state index in [-0.39, 0.29) is 11.4 Å². The second-order valence-corrected chi connectivity index (χ2v) is 32.3. The van der Waals surface area contributed by atoms with Gasteiger partial charge in [-0.3, -0.25) is 24.8 Å². The summed E-state index contributed by atoms with van der Waals surface area (Å²) in [6, 6.07) is 7.60. The number of carbonyl (C=O) groups excluding carboxylic acids is 1. The first kappa shape index (κ1) is 131. The van der Waals surface area contributed by atoms with Gasteiger partial charge in [0, 0.05) is 126 Å². The van der Waals surface area contributed by atoms with Crippen molar-refractivity contribution in [3.05, 3.63) is 0 Å². The minimum atomic E-state index is -0.245. The van der Waals surface area contributed by atoms with Gasteiger partial charge in [0.2, 0.25) is 5.91 Å². The lowest BCUT2D eigenvalue weighted by Crippen LogP contribution is -2.55. The second kappa shape index (κ2) is 94.2. The highest BCUT2D eigenvalue weighted by atomic mass is 16.2. The maximum Gasteiger partial charge on any atom is 0.241 e. The molecule has 12 fully saturated rings. The van der Waals surface area contributed by atoms with E-state index in [2.05, 4.69) is 215 Å². The van der Waals surface area contributed by atoms with E-state index in [9.17, 15) is 4.79 Å². The lowest BCUT2D eigenvalue weighted by atomic mass is 9.87. The molecular weight excluding hydrogens is 1400 g/mol. The van der Waals surface area contributed by atoms with Crippen LogP contribution in [0.2, 0.25) is 0 Å². The highest BCUT2D eigenvalue weighted by molar-refractivity contribution is 5.88. The van der Waals surface area contributed by atoms with Crippen LogP contribution in [0.25, 0.3) is 0 Å². The van der Waals surface area contributed by atoms with E-state index in [1.807, 2.05) is 152 Å². The number of piperazine rings is 2. The first-order chi connectivity index (χ1) is 54.8. The zero-order valence-electron chi connectivity index (χ0n) is 86.8. The van der Waals surface area contributed by atoms with E-state index in [1.165, 1.54) is 201 Å². The number of piperidine rings is 3. The SMILES string of the molecule is CC.CC.CC.CC.CC.CC.CC.CC.CC.CC.CC.CC(C)C1CCCN1.CC(C)C1CCCNC1.CC(C)C1CCNC1.CC(C)N1CC2CC1CN2.CC(C)N1CCC1.CC(C)N1CCC2(CC1)NCNC2=O.CC(C)N1CCCC1.CC(C)N1CCCCC1.CC(C)N1CCCNCC1.CC(C)N1CCNCC1. The zero-order valence-corrected chi connectivity index (χ0v) is 86.8. The molecule has 114 heavy (non-hydrogen) atoms. The largest absolute Gasteiger partial charge is 0.342 e. The molecule has 2 bridgehead atoms. The molecule has 0 radical (unpaired) electrons. The van der Waals surface area contributed by atoms with Crippen LogP contribution in [0.4, 0.5) is 0 Å². The van der Waals surface area contributed by atoms with Crippen LogP contribution in [0.3, 0.4) is 0 Å². The molecule has 1 amide bonds. The number of hydrogen-bond donors (Lipinski definition) is 8. The van der Waals surface area contributed by atoms with Gasteiger partial charge in [0.05, 0.1) is 6.67 Å². The molecule has 16 heteroatoms. The van der Waals surface area contributed by atoms with Crippen molar-refractivity contribution in [2.75, 3.05) is 157 Å². The minimum Gasteiger partial charge on any atom is -0.342 e. The Kier molecular flexibility index (Phi) is 108. The van der Waals surface area contributed by atoms with Crippen molar-refractivity contribution in [1.29, 1.82) is 0 Å². The van der Waals surface area contributed by atoms with Crippen LogP contribution in [0.5, 0.6) is 0 Å². The fourth-order valence-corrected chi connectivity index (χ4v) is 14.7. The molecule has 1 spiro atoms. The van der Waals surface area contributed by atoms with E-state index in [0.29, 0.717) is 12.7 Å². The molecule has 0 saturated carbocycles. The Labute approximate surface area is 723 Å². The molecule has 8 N–H and O–H groups in total. The fourth-order valence-electron chi connectivity index (χ4n) is 14.7. The summed E-state index contributed by atoms with van der Waals surface area (Å²) in [7, 11) is 0. The summed E-state index contributed by atoms with van der Waals surface area (Å²) in [5.41, 5.74) is -0.245. The summed E-state index contributed by atoms with van der Waals surface area (Å²) >= 11 is 0. The number of nitrogens with one attached hydrogen (secondary N) is 8. The molecule has 0 aromatic heterocycles. The Balaban J connectivity index is -0.000000150. The predicted octanol–water partition coefficient (Wildman–Crippen LogP) is 21.4. The van der Waals surface area contributed by atoms with Crippen molar-refractivity contribution in [2.24, 2.45) is 29.6 Å². The first-order valence-electron chi connectivity index (χ1n) is 50.4. The molecule has 12 aliphatic rings. The monoisotopic (exact) mass is 1630 g/mol. The van der Waals surface area contributed by atoms with E-state index in [0.717, 1.165) is 130 Å². The number of rotatable bonds is 10. The molecule has 5 unspecified atom stereocenters. The average Bonchev–Trinajstić information content (AvgIpc) is 1.63. The summed E-state index contributed by atoms with van der Waals surface area (Å²) in [6.07, 6.45) is 20.1. The Bertz CT molecular complexity index is 1630. The van der Waals surface area contributed by atoms with Gasteiger partial charge in [0.15, 0.2) is 0 Å². The van der Waals surface area contributed by atoms with Gasteiger partial charge in [-0.05, 0) is 301 Å². The third kappa shape index (κ3) is 67.5. The number of carbonyl (C=O) groups is 1. The number of likely N-dealkylation sites (tertiary alicyclic amines) is 5. The van der Waals surface area contributed by atoms with Crippen LogP contribution in [-0.2, 0) is 4.79 Å². The smallest absolute Gasteiger partial charge is 0.241 e. The van der Waals surface area contributed by atoms with Crippen LogP contribution in [-0.4, -0.2) is 263 Å². The predicted molar refractivity (Wildman–Crippen MR) is 525 cm³/mol. The van der Waals surface area contributed by atoms with Crippen molar-refractivity contribution in [2.45, 2.75) is 453 Å². The lowest BCUT2D eigenvalue weighted by Gasteiger charge is -2.39. The topological polar surface area (TPSA) is 136 Å². The minimum absolute atomic E-state index is 0.195. The molecule has 0 aliphatic carbocycles. The Morgan fingerprint density at radius 2 is 0.649 bits per heavy atom. The van der Waals surface area contributed by atoms with E-state index in [4.69, 9.17) is 0 Å². The van der Waals surface area contributed by atoms with Gasteiger partial charge in [0.25, 0.3) is 0 Å². The van der Waals surface area contributed by atoms with Gasteiger partial charge in [-0.15, -0.1) is 0 Å². The van der Waals surface area contributed by atoms with Gasteiger partial charge in [-0.25, -0.2) is 0 Å². The lowest BCUT2D eigenvalue weighted by molar-refractivity contribution is -0.125. The van der Waals surface area contributed by atoms with Gasteiger partial charge in [-0.1, -0.05) is 200 Å². The molecule has 0 aromatic rings. The summed E-state index contributed by atoms with van der Waals surface area (Å²) in [5, 5.41) is 26.6. The van der Waals surface area contributed by atoms with Crippen LogP contribution in [0, 0.1) is 29.6 Å². The van der Waals surface area contributed by atoms with Crippen molar-refractivity contribution in [1.82, 2.24) is 76.8 Å². The van der Waals surface area contributed by atoms with Gasteiger partial charge < -0.3 is 56.8 Å². The van der Waals surface area contributed by atoms with Crippen LogP contribution < -0.4 is 42.5 Å². The van der Waals surface area contributed by atoms with Crippen molar-refractivity contribution >= 4 is 5.91 Å². The summed E-state index contributed by atoms with van der Waals surface area (Å²) in [4.78, 5) is 29.3. The molecule has 16 nitrogen and oxygen atoms in total. The van der Waals surface area contributed by atoms with E-state index >= 15 is 0 Å². The number of nitrogens with zero attached hydrogens (tertiary/aromatic N) is 7. The first-order valence-corrected chi connectivity index (χ1v) is 50.4. The van der Waals surface area contributed by atoms with Gasteiger partial charge >= 0.3 is 0 Å². The molecule has 12 aliphatic heterocycles. The molecule has 5 atom stereocenters. The van der Waals surface area contributed by atoms with Gasteiger partial charge in [0.1, 0.15) is 5.54 Å². The fraction of sp³-hybridized carbons (Fsp3) is 0.990. The van der Waals surface area contributed by atoms with Crippen molar-refractivity contribution in [3.63, 3.8) is 0 Å². The number of amides is 1. The Hall–Kier alpha value is -1.09. The summed E-state index contributed by atoms with van der Waals surface area (Å²) < 4.78 is 0. The highest BCUT2D eigenvalue weighted by Gasteiger charge is 2.44. The Morgan fingerprint density at radius 1 is 0.307 bits per heavy atom. The number of hydrogen-bond acceptors (Lipinski definition) is 15. The van der Waals surface area contributed by atoms with E-state index in [1.54, 1.807) is 0 Å². The van der Waals surface area contributed by atoms with Crippen molar-refractivity contribution < 1.29 is 4.79 Å². The number of fused-ring (bicyclic) bond motifs is 2. The molecule has 700 valence electrons. The molecule has 0 aromatic carbocycles.